The quantitative estimate of drug-likeness (QED) is 0.255. The third-order valence-corrected chi connectivity index (χ3v) is 7.15. The maximum atomic E-state index is 13.3. The van der Waals surface area contributed by atoms with Gasteiger partial charge in [-0.15, -0.1) is 0 Å². The molecule has 0 saturated heterocycles. The van der Waals surface area contributed by atoms with Crippen molar-refractivity contribution in [1.29, 1.82) is 0 Å². The SMILES string of the molecule is CC(=O)c1ccc(N2C(=O)c3ccc(-c4ccc5c(c4)C(=O)N(c4cccc(C(C)=O)c4)C5=O)cc3C2=O)cc1. The van der Waals surface area contributed by atoms with Crippen LogP contribution in [-0.2, 0) is 0 Å². The zero-order valence-corrected chi connectivity index (χ0v) is 21.4. The predicted octanol–water partition coefficient (Wildman–Crippen LogP) is 5.36. The second-order valence-electron chi connectivity index (χ2n) is 9.62. The first-order chi connectivity index (χ1) is 19.2. The van der Waals surface area contributed by atoms with Crippen LogP contribution in [0.3, 0.4) is 0 Å². The summed E-state index contributed by atoms with van der Waals surface area (Å²) in [5, 5.41) is 0. The van der Waals surface area contributed by atoms with Gasteiger partial charge in [0.15, 0.2) is 11.6 Å². The Balaban J connectivity index is 1.33. The lowest BCUT2D eigenvalue weighted by Gasteiger charge is -2.14. The van der Waals surface area contributed by atoms with Gasteiger partial charge in [-0.25, -0.2) is 9.80 Å². The molecule has 0 bridgehead atoms. The highest BCUT2D eigenvalue weighted by molar-refractivity contribution is 6.36. The van der Waals surface area contributed by atoms with Crippen LogP contribution in [0.1, 0.15) is 76.0 Å². The van der Waals surface area contributed by atoms with E-state index in [1.165, 1.54) is 19.9 Å². The van der Waals surface area contributed by atoms with Crippen molar-refractivity contribution in [2.24, 2.45) is 0 Å². The highest BCUT2D eigenvalue weighted by Crippen LogP contribution is 2.35. The summed E-state index contributed by atoms with van der Waals surface area (Å²) in [5.74, 6) is -2.29. The van der Waals surface area contributed by atoms with Gasteiger partial charge in [-0.3, -0.25) is 28.8 Å². The molecule has 0 aromatic heterocycles. The molecule has 0 fully saturated rings. The molecule has 2 heterocycles. The fourth-order valence-corrected chi connectivity index (χ4v) is 5.02. The number of hydrogen-bond acceptors (Lipinski definition) is 6. The van der Waals surface area contributed by atoms with Crippen molar-refractivity contribution in [2.45, 2.75) is 13.8 Å². The molecule has 0 saturated carbocycles. The van der Waals surface area contributed by atoms with Gasteiger partial charge < -0.3 is 0 Å². The Labute approximate surface area is 228 Å². The number of anilines is 2. The molecule has 2 aliphatic heterocycles. The Morgan fingerprint density at radius 1 is 0.475 bits per heavy atom. The summed E-state index contributed by atoms with van der Waals surface area (Å²) in [5.41, 5.74) is 3.58. The number of Topliss-reactive ketones (excluding diaryl/α,β-unsaturated/α-hetero) is 2. The number of fused-ring (bicyclic) bond motifs is 2. The van der Waals surface area contributed by atoms with Crippen LogP contribution in [0.2, 0.25) is 0 Å². The summed E-state index contributed by atoms with van der Waals surface area (Å²) in [6.07, 6.45) is 0. The summed E-state index contributed by atoms with van der Waals surface area (Å²) in [4.78, 5) is 78.3. The molecule has 8 nitrogen and oxygen atoms in total. The Morgan fingerprint density at radius 2 is 0.950 bits per heavy atom. The van der Waals surface area contributed by atoms with E-state index in [1.807, 2.05) is 0 Å². The van der Waals surface area contributed by atoms with Gasteiger partial charge in [0, 0.05) is 11.1 Å². The molecule has 0 N–H and O–H groups in total. The van der Waals surface area contributed by atoms with E-state index in [2.05, 4.69) is 0 Å². The summed E-state index contributed by atoms with van der Waals surface area (Å²) in [6.45, 7) is 2.84. The molecular weight excluding hydrogens is 508 g/mol. The predicted molar refractivity (Wildman–Crippen MR) is 147 cm³/mol. The lowest BCUT2D eigenvalue weighted by Crippen LogP contribution is -2.29. The van der Waals surface area contributed by atoms with Crippen molar-refractivity contribution < 1.29 is 28.8 Å². The van der Waals surface area contributed by atoms with E-state index in [0.717, 1.165) is 9.80 Å². The second kappa shape index (κ2) is 9.06. The number of imide groups is 2. The molecule has 0 atom stereocenters. The maximum absolute atomic E-state index is 13.3. The van der Waals surface area contributed by atoms with E-state index < -0.39 is 23.6 Å². The number of carbonyl (C=O) groups is 6. The van der Waals surface area contributed by atoms with E-state index in [9.17, 15) is 28.8 Å². The average Bonchev–Trinajstić information content (AvgIpc) is 3.36. The molecule has 2 aliphatic rings. The summed E-state index contributed by atoms with van der Waals surface area (Å²) in [7, 11) is 0. The van der Waals surface area contributed by atoms with Gasteiger partial charge in [0.1, 0.15) is 0 Å². The first-order valence-electron chi connectivity index (χ1n) is 12.4. The average molecular weight is 529 g/mol. The Morgan fingerprint density at radius 3 is 1.45 bits per heavy atom. The first-order valence-corrected chi connectivity index (χ1v) is 12.4. The van der Waals surface area contributed by atoms with Crippen LogP contribution in [-0.4, -0.2) is 35.2 Å². The smallest absolute Gasteiger partial charge is 0.266 e. The Hall–Kier alpha value is -5.50. The first kappa shape index (κ1) is 24.8. The van der Waals surface area contributed by atoms with Gasteiger partial charge in [-0.2, -0.15) is 0 Å². The van der Waals surface area contributed by atoms with E-state index in [-0.39, 0.29) is 33.8 Å². The van der Waals surface area contributed by atoms with Crippen molar-refractivity contribution in [3.8, 4) is 11.1 Å². The molecule has 40 heavy (non-hydrogen) atoms. The van der Waals surface area contributed by atoms with Crippen molar-refractivity contribution in [3.63, 3.8) is 0 Å². The number of carbonyl (C=O) groups excluding carboxylic acids is 6. The standard InChI is InChI=1S/C32H20N2O6/c1-17(35)19-6-10-23(11-7-19)33-29(37)25-12-8-21(15-27(25)31(33)39)22-9-13-26-28(16-22)32(40)34(30(26)38)24-5-3-4-20(14-24)18(2)36/h3-16H,1-2H3. The van der Waals surface area contributed by atoms with Crippen molar-refractivity contribution in [1.82, 2.24) is 0 Å². The monoisotopic (exact) mass is 528 g/mol. The maximum Gasteiger partial charge on any atom is 0.266 e. The molecular formula is C32H20N2O6. The fourth-order valence-electron chi connectivity index (χ4n) is 5.02. The molecule has 0 spiro atoms. The molecule has 6 rings (SSSR count). The van der Waals surface area contributed by atoms with Crippen LogP contribution in [0.5, 0.6) is 0 Å². The van der Waals surface area contributed by atoms with Crippen LogP contribution in [0.25, 0.3) is 11.1 Å². The fraction of sp³-hybridized carbons (Fsp3) is 0.0625. The minimum Gasteiger partial charge on any atom is -0.295 e. The zero-order chi connectivity index (χ0) is 28.3. The summed E-state index contributed by atoms with van der Waals surface area (Å²) < 4.78 is 0. The number of amides is 4. The zero-order valence-electron chi connectivity index (χ0n) is 21.4. The van der Waals surface area contributed by atoms with Crippen molar-refractivity contribution >= 4 is 46.6 Å². The third kappa shape index (κ3) is 3.77. The highest BCUT2D eigenvalue weighted by atomic mass is 16.2. The molecule has 0 unspecified atom stereocenters. The number of ketones is 2. The lowest BCUT2D eigenvalue weighted by atomic mass is 9.97. The number of benzene rings is 4. The minimum atomic E-state index is -0.518. The van der Waals surface area contributed by atoms with Gasteiger partial charge >= 0.3 is 0 Å². The third-order valence-electron chi connectivity index (χ3n) is 7.15. The van der Waals surface area contributed by atoms with Crippen LogP contribution in [0.15, 0.2) is 84.9 Å². The Kier molecular flexibility index (Phi) is 5.62. The molecule has 194 valence electrons. The molecule has 8 heteroatoms. The van der Waals surface area contributed by atoms with Gasteiger partial charge in [0.05, 0.1) is 33.6 Å². The van der Waals surface area contributed by atoms with Crippen LogP contribution in [0, 0.1) is 0 Å². The van der Waals surface area contributed by atoms with Crippen molar-refractivity contribution in [2.75, 3.05) is 9.80 Å². The highest BCUT2D eigenvalue weighted by Gasteiger charge is 2.39. The van der Waals surface area contributed by atoms with Crippen LogP contribution in [0.4, 0.5) is 11.4 Å². The summed E-state index contributed by atoms with van der Waals surface area (Å²) in [6, 6.07) is 22.2. The normalized spacial score (nSPS) is 14.1. The number of hydrogen-bond donors (Lipinski definition) is 0. The second-order valence-corrected chi connectivity index (χ2v) is 9.62. The Bertz CT molecular complexity index is 1840. The van der Waals surface area contributed by atoms with Crippen LogP contribution < -0.4 is 9.80 Å². The van der Waals surface area contributed by atoms with Crippen molar-refractivity contribution in [3.05, 3.63) is 118 Å². The van der Waals surface area contributed by atoms with E-state index in [4.69, 9.17) is 0 Å². The molecule has 0 radical (unpaired) electrons. The largest absolute Gasteiger partial charge is 0.295 e. The topological polar surface area (TPSA) is 109 Å². The van der Waals surface area contributed by atoms with Crippen LogP contribution >= 0.6 is 0 Å². The molecule has 4 amide bonds. The van der Waals surface area contributed by atoms with E-state index in [0.29, 0.717) is 33.6 Å². The van der Waals surface area contributed by atoms with Gasteiger partial charge in [-0.1, -0.05) is 24.3 Å². The number of nitrogens with zero attached hydrogens (tertiary/aromatic N) is 2. The van der Waals surface area contributed by atoms with Gasteiger partial charge in [0.2, 0.25) is 0 Å². The lowest BCUT2D eigenvalue weighted by molar-refractivity contribution is 0.0910. The minimum absolute atomic E-state index is 0.124. The molecule has 4 aromatic carbocycles. The number of rotatable bonds is 5. The summed E-state index contributed by atoms with van der Waals surface area (Å²) >= 11 is 0. The van der Waals surface area contributed by atoms with Gasteiger partial charge in [0.25, 0.3) is 23.6 Å². The van der Waals surface area contributed by atoms with E-state index in [1.54, 1.807) is 78.9 Å². The van der Waals surface area contributed by atoms with E-state index >= 15 is 0 Å². The van der Waals surface area contributed by atoms with Gasteiger partial charge in [-0.05, 0) is 85.6 Å². The molecule has 0 aliphatic carbocycles. The molecule has 4 aromatic rings.